The fraction of sp³-hybridized carbons (Fsp3) is 0.364. The van der Waals surface area contributed by atoms with Crippen molar-refractivity contribution in [2.75, 3.05) is 5.32 Å². The van der Waals surface area contributed by atoms with E-state index in [1.807, 2.05) is 0 Å². The number of amides is 1. The van der Waals surface area contributed by atoms with E-state index in [-0.39, 0.29) is 11.3 Å². The molecule has 0 spiro atoms. The standard InChI is InChI=1S/C22H22Cl2N2OS/c1-22(2,3)13-7-8-14-16(12-25)21(28-19(14)11-13)26-20(27)10-9-15-17(23)5-4-6-18(15)24/h4-6,9-10,13H,7-8,11H2,1-3H3,(H,26,27)/b10-9+/t13-/m0/s1. The lowest BCUT2D eigenvalue weighted by molar-refractivity contribution is -0.111. The minimum atomic E-state index is -0.307. The summed E-state index contributed by atoms with van der Waals surface area (Å²) < 4.78 is 0. The summed E-state index contributed by atoms with van der Waals surface area (Å²) in [5.41, 5.74) is 2.53. The first kappa shape index (κ1) is 20.9. The lowest BCUT2D eigenvalue weighted by Gasteiger charge is -2.33. The predicted molar refractivity (Wildman–Crippen MR) is 118 cm³/mol. The topological polar surface area (TPSA) is 52.9 Å². The number of carbonyl (C=O) groups is 1. The number of hydrogen-bond acceptors (Lipinski definition) is 3. The normalized spacial score (nSPS) is 16.6. The summed E-state index contributed by atoms with van der Waals surface area (Å²) in [5.74, 6) is 0.273. The number of nitrogens with one attached hydrogen (secondary N) is 1. The molecule has 3 nitrogen and oxygen atoms in total. The zero-order valence-corrected chi connectivity index (χ0v) is 18.4. The highest BCUT2D eigenvalue weighted by Gasteiger charge is 2.32. The Morgan fingerprint density at radius 1 is 1.32 bits per heavy atom. The Balaban J connectivity index is 1.80. The van der Waals surface area contributed by atoms with Crippen molar-refractivity contribution in [1.29, 1.82) is 5.26 Å². The molecule has 1 aromatic heterocycles. The second-order valence-electron chi connectivity index (χ2n) is 8.08. The van der Waals surface area contributed by atoms with E-state index in [1.165, 1.54) is 22.3 Å². The molecule has 1 N–H and O–H groups in total. The SMILES string of the molecule is CC(C)(C)[C@H]1CCc2c(sc(NC(=O)/C=C/c3c(Cl)cccc3Cl)c2C#N)C1. The van der Waals surface area contributed by atoms with Gasteiger partial charge in [-0.2, -0.15) is 5.26 Å². The van der Waals surface area contributed by atoms with Gasteiger partial charge in [0.1, 0.15) is 11.1 Å². The van der Waals surface area contributed by atoms with Crippen LogP contribution in [-0.4, -0.2) is 5.91 Å². The van der Waals surface area contributed by atoms with Crippen LogP contribution in [0.25, 0.3) is 6.08 Å². The largest absolute Gasteiger partial charge is 0.313 e. The highest BCUT2D eigenvalue weighted by Crippen LogP contribution is 2.44. The zero-order valence-electron chi connectivity index (χ0n) is 16.1. The molecule has 1 heterocycles. The maximum atomic E-state index is 12.4. The van der Waals surface area contributed by atoms with Crippen LogP contribution < -0.4 is 5.32 Å². The fourth-order valence-corrected chi connectivity index (χ4v) is 5.32. The van der Waals surface area contributed by atoms with Crippen molar-refractivity contribution in [3.8, 4) is 6.07 Å². The lowest BCUT2D eigenvalue weighted by atomic mass is 9.72. The third kappa shape index (κ3) is 4.43. The van der Waals surface area contributed by atoms with Gasteiger partial charge in [0, 0.05) is 26.6 Å². The number of fused-ring (bicyclic) bond motifs is 1. The van der Waals surface area contributed by atoms with E-state index < -0.39 is 0 Å². The van der Waals surface area contributed by atoms with Gasteiger partial charge in [-0.05, 0) is 54.4 Å². The molecule has 1 aromatic carbocycles. The molecule has 0 bridgehead atoms. The number of anilines is 1. The molecule has 0 aliphatic heterocycles. The highest BCUT2D eigenvalue weighted by molar-refractivity contribution is 7.16. The molecule has 2 aromatic rings. The Morgan fingerprint density at radius 2 is 2.00 bits per heavy atom. The van der Waals surface area contributed by atoms with Crippen LogP contribution in [0.15, 0.2) is 24.3 Å². The average molecular weight is 433 g/mol. The van der Waals surface area contributed by atoms with Crippen LogP contribution in [0.1, 0.15) is 48.8 Å². The van der Waals surface area contributed by atoms with Crippen LogP contribution >= 0.6 is 34.5 Å². The molecule has 3 rings (SSSR count). The molecule has 6 heteroatoms. The molecule has 0 saturated heterocycles. The highest BCUT2D eigenvalue weighted by atomic mass is 35.5. The number of halogens is 2. The second-order valence-corrected chi connectivity index (χ2v) is 10.0. The van der Waals surface area contributed by atoms with Gasteiger partial charge in [-0.1, -0.05) is 50.0 Å². The van der Waals surface area contributed by atoms with Crippen molar-refractivity contribution < 1.29 is 4.79 Å². The Morgan fingerprint density at radius 3 is 2.61 bits per heavy atom. The molecule has 0 radical (unpaired) electrons. The van der Waals surface area contributed by atoms with Crippen LogP contribution in [0, 0.1) is 22.7 Å². The van der Waals surface area contributed by atoms with Crippen LogP contribution in [0.5, 0.6) is 0 Å². The summed E-state index contributed by atoms with van der Waals surface area (Å²) in [4.78, 5) is 13.6. The molecule has 0 saturated carbocycles. The summed E-state index contributed by atoms with van der Waals surface area (Å²) in [6, 6.07) is 7.48. The van der Waals surface area contributed by atoms with Crippen LogP contribution in [0.2, 0.25) is 10.0 Å². The van der Waals surface area contributed by atoms with Crippen molar-refractivity contribution in [3.63, 3.8) is 0 Å². The average Bonchev–Trinajstić information content (AvgIpc) is 2.96. The number of nitrogens with zero attached hydrogens (tertiary/aromatic N) is 1. The summed E-state index contributed by atoms with van der Waals surface area (Å²) in [5, 5.41) is 14.1. The van der Waals surface area contributed by atoms with Crippen molar-refractivity contribution >= 4 is 51.5 Å². The fourth-order valence-electron chi connectivity index (χ4n) is 3.51. The van der Waals surface area contributed by atoms with E-state index in [0.29, 0.717) is 32.1 Å². The molecule has 1 aliphatic rings. The lowest BCUT2D eigenvalue weighted by Crippen LogP contribution is -2.26. The first-order valence-corrected chi connectivity index (χ1v) is 10.8. The smallest absolute Gasteiger partial charge is 0.249 e. The van der Waals surface area contributed by atoms with Crippen molar-refractivity contribution in [2.45, 2.75) is 40.0 Å². The van der Waals surface area contributed by atoms with Crippen molar-refractivity contribution in [1.82, 2.24) is 0 Å². The summed E-state index contributed by atoms with van der Waals surface area (Å²) in [6.07, 6.45) is 5.90. The summed E-state index contributed by atoms with van der Waals surface area (Å²) >= 11 is 13.8. The van der Waals surface area contributed by atoms with Crippen LogP contribution in [-0.2, 0) is 17.6 Å². The van der Waals surface area contributed by atoms with E-state index >= 15 is 0 Å². The number of benzene rings is 1. The number of rotatable bonds is 3. The third-order valence-corrected chi connectivity index (χ3v) is 7.07. The molecule has 0 fully saturated rings. The third-order valence-electron chi connectivity index (χ3n) is 5.24. The summed E-state index contributed by atoms with van der Waals surface area (Å²) in [6.45, 7) is 6.78. The Hall–Kier alpha value is -1.80. The van der Waals surface area contributed by atoms with Gasteiger partial charge >= 0.3 is 0 Å². The van der Waals surface area contributed by atoms with Gasteiger partial charge < -0.3 is 5.32 Å². The van der Waals surface area contributed by atoms with Gasteiger partial charge in [-0.25, -0.2) is 0 Å². The number of hydrogen-bond donors (Lipinski definition) is 1. The minimum Gasteiger partial charge on any atom is -0.313 e. The van der Waals surface area contributed by atoms with E-state index in [1.54, 1.807) is 24.3 Å². The van der Waals surface area contributed by atoms with Gasteiger partial charge in [0.25, 0.3) is 0 Å². The molecular formula is C22H22Cl2N2OS. The Bertz CT molecular complexity index is 959. The van der Waals surface area contributed by atoms with Crippen LogP contribution in [0.4, 0.5) is 5.00 Å². The first-order chi connectivity index (χ1) is 13.2. The first-order valence-electron chi connectivity index (χ1n) is 9.18. The van der Waals surface area contributed by atoms with E-state index in [4.69, 9.17) is 23.2 Å². The van der Waals surface area contributed by atoms with Crippen molar-refractivity contribution in [2.24, 2.45) is 11.3 Å². The Labute approximate surface area is 180 Å². The van der Waals surface area contributed by atoms with Gasteiger partial charge in [0.05, 0.1) is 5.56 Å². The van der Waals surface area contributed by atoms with E-state index in [0.717, 1.165) is 24.8 Å². The van der Waals surface area contributed by atoms with E-state index in [2.05, 4.69) is 32.2 Å². The van der Waals surface area contributed by atoms with E-state index in [9.17, 15) is 10.1 Å². The molecule has 0 unspecified atom stereocenters. The number of thiophene rings is 1. The van der Waals surface area contributed by atoms with Gasteiger partial charge in [0.2, 0.25) is 5.91 Å². The number of nitriles is 1. The monoisotopic (exact) mass is 432 g/mol. The maximum absolute atomic E-state index is 12.4. The minimum absolute atomic E-state index is 0.231. The summed E-state index contributed by atoms with van der Waals surface area (Å²) in [7, 11) is 0. The van der Waals surface area contributed by atoms with Gasteiger partial charge in [-0.15, -0.1) is 11.3 Å². The molecule has 146 valence electrons. The molecule has 1 amide bonds. The maximum Gasteiger partial charge on any atom is 0.249 e. The molecule has 1 aliphatic carbocycles. The van der Waals surface area contributed by atoms with Gasteiger partial charge in [0.15, 0.2) is 0 Å². The quantitative estimate of drug-likeness (QED) is 0.546. The Kier molecular flexibility index (Phi) is 6.19. The number of carbonyl (C=O) groups excluding carboxylic acids is 1. The van der Waals surface area contributed by atoms with Crippen molar-refractivity contribution in [3.05, 3.63) is 55.9 Å². The second kappa shape index (κ2) is 8.29. The zero-order chi connectivity index (χ0) is 20.5. The molecule has 1 atom stereocenters. The van der Waals surface area contributed by atoms with Crippen LogP contribution in [0.3, 0.4) is 0 Å². The molecular weight excluding hydrogens is 411 g/mol. The predicted octanol–water partition coefficient (Wildman–Crippen LogP) is 6.73. The molecule has 28 heavy (non-hydrogen) atoms. The van der Waals surface area contributed by atoms with Gasteiger partial charge in [-0.3, -0.25) is 4.79 Å².